The van der Waals surface area contributed by atoms with Crippen LogP contribution in [0.2, 0.25) is 0 Å². The van der Waals surface area contributed by atoms with Crippen molar-refractivity contribution < 1.29 is 63.1 Å². The van der Waals surface area contributed by atoms with E-state index in [2.05, 4.69) is 12.7 Å². The van der Waals surface area contributed by atoms with E-state index in [-0.39, 0.29) is 89.2 Å². The number of nitro benzene ring substituents is 1. The molecule has 17 nitrogen and oxygen atoms in total. The maximum Gasteiger partial charge on any atom is 0.410 e. The van der Waals surface area contributed by atoms with Gasteiger partial charge in [-0.2, -0.15) is 0 Å². The number of alkyl halides is 1. The molecule has 3 N–H and O–H groups in total. The molecule has 67 heavy (non-hydrogen) atoms. The molecular weight excluding hydrogens is 890 g/mol. The zero-order valence-electron chi connectivity index (χ0n) is 37.7. The third kappa shape index (κ3) is 12.1. The van der Waals surface area contributed by atoms with Crippen LogP contribution in [-0.4, -0.2) is 121 Å². The van der Waals surface area contributed by atoms with E-state index in [1.165, 1.54) is 24.1 Å². The fourth-order valence-corrected chi connectivity index (χ4v) is 9.60. The summed E-state index contributed by atoms with van der Waals surface area (Å²) < 4.78 is 37.5. The first-order valence-corrected chi connectivity index (χ1v) is 23.1. The number of benzene rings is 3. The second-order valence-corrected chi connectivity index (χ2v) is 16.8. The summed E-state index contributed by atoms with van der Waals surface area (Å²) in [5.74, 6) is -1.07. The normalized spacial score (nSPS) is 22.1. The molecule has 2 aliphatic carbocycles. The number of ether oxygens (including phenoxy) is 6. The van der Waals surface area contributed by atoms with E-state index in [1.807, 2.05) is 12.1 Å². The summed E-state index contributed by atoms with van der Waals surface area (Å²) in [6, 6.07) is 15.5. The van der Waals surface area contributed by atoms with Gasteiger partial charge in [-0.05, 0) is 97.2 Å². The number of fused-ring (bicyclic) bond motifs is 2. The minimum atomic E-state index is -1.62. The predicted octanol–water partition coefficient (Wildman–Crippen LogP) is 7.73. The Kier molecular flexibility index (Phi) is 19.0. The van der Waals surface area contributed by atoms with Gasteiger partial charge in [0.1, 0.15) is 42.3 Å². The third-order valence-electron chi connectivity index (χ3n) is 12.4. The van der Waals surface area contributed by atoms with Crippen molar-refractivity contribution in [3.63, 3.8) is 0 Å². The molecule has 0 spiro atoms. The Morgan fingerprint density at radius 1 is 1.00 bits per heavy atom. The predicted molar refractivity (Wildman–Crippen MR) is 248 cm³/mol. The molecule has 0 bridgehead atoms. The van der Waals surface area contributed by atoms with Gasteiger partial charge in [-0.3, -0.25) is 19.8 Å². The van der Waals surface area contributed by atoms with Gasteiger partial charge >= 0.3 is 6.09 Å². The highest BCUT2D eigenvalue weighted by atomic mass is 35.5. The Morgan fingerprint density at radius 2 is 1.75 bits per heavy atom. The van der Waals surface area contributed by atoms with Crippen molar-refractivity contribution in [2.24, 2.45) is 22.9 Å². The lowest BCUT2D eigenvalue weighted by Gasteiger charge is -2.59. The number of halogens is 1. The molecule has 1 amide bonds. The van der Waals surface area contributed by atoms with Crippen LogP contribution in [0.25, 0.3) is 0 Å². The molecular formula is C49H60ClN3O14. The van der Waals surface area contributed by atoms with Crippen molar-refractivity contribution in [2.45, 2.75) is 69.3 Å². The van der Waals surface area contributed by atoms with E-state index in [4.69, 9.17) is 50.0 Å². The number of oxime groups is 1. The number of nitro groups is 1. The maximum atomic E-state index is 14.4. The van der Waals surface area contributed by atoms with Gasteiger partial charge in [0, 0.05) is 49.8 Å². The van der Waals surface area contributed by atoms with Crippen LogP contribution in [0, 0.1) is 27.9 Å². The summed E-state index contributed by atoms with van der Waals surface area (Å²) in [5, 5.41) is 45.6. The molecule has 0 aromatic heterocycles. The largest absolute Gasteiger partial charge is 0.496 e. The Morgan fingerprint density at radius 3 is 2.43 bits per heavy atom. The lowest BCUT2D eigenvalue weighted by atomic mass is 9.55. The van der Waals surface area contributed by atoms with Crippen LogP contribution in [0.3, 0.4) is 0 Å². The van der Waals surface area contributed by atoms with E-state index in [0.717, 1.165) is 17.6 Å². The zero-order valence-corrected chi connectivity index (χ0v) is 38.4. The van der Waals surface area contributed by atoms with E-state index in [1.54, 1.807) is 42.5 Å². The number of unbranched alkanes of at least 4 members (excludes halogenated alkanes) is 2. The number of rotatable bonds is 27. The van der Waals surface area contributed by atoms with Crippen molar-refractivity contribution in [1.82, 2.24) is 4.90 Å². The highest BCUT2D eigenvalue weighted by Gasteiger charge is 2.65. The number of hydrogen-bond acceptors (Lipinski definition) is 15. The van der Waals surface area contributed by atoms with Crippen molar-refractivity contribution in [3.05, 3.63) is 112 Å². The van der Waals surface area contributed by atoms with Crippen LogP contribution in [0.1, 0.15) is 72.3 Å². The molecule has 18 heteroatoms. The molecule has 6 rings (SSSR count). The second-order valence-electron chi connectivity index (χ2n) is 16.4. The number of aldehydes is 1. The first-order valence-electron chi connectivity index (χ1n) is 22.6. The van der Waals surface area contributed by atoms with Gasteiger partial charge < -0.3 is 48.6 Å². The molecule has 3 aromatic rings. The third-order valence-corrected chi connectivity index (χ3v) is 12.5. The number of allylic oxidation sites excluding steroid dienone is 1. The number of aliphatic hydroxyl groups excluding tert-OH is 3. The van der Waals surface area contributed by atoms with Gasteiger partial charge in [0.25, 0.3) is 5.69 Å². The lowest BCUT2D eigenvalue weighted by molar-refractivity contribution is -0.384. The van der Waals surface area contributed by atoms with Gasteiger partial charge in [0.2, 0.25) is 5.79 Å². The summed E-state index contributed by atoms with van der Waals surface area (Å²) in [4.78, 5) is 44.8. The van der Waals surface area contributed by atoms with Crippen LogP contribution >= 0.6 is 11.6 Å². The molecule has 3 aromatic carbocycles. The summed E-state index contributed by atoms with van der Waals surface area (Å²) in [6.07, 6.45) is 7.81. The lowest BCUT2D eigenvalue weighted by Crippen LogP contribution is -2.70. The van der Waals surface area contributed by atoms with Crippen LogP contribution in [-0.2, 0) is 25.7 Å². The van der Waals surface area contributed by atoms with Gasteiger partial charge in [-0.1, -0.05) is 30.1 Å². The SMILES string of the molecule is C=CCO[C@@]12Oc3ccc(Oc4ccc(OC)c(C=O)c4)cc3[C@H]3[C@H](CCCCO)[C@@H](CCCCO)C=C(C(=NOCc4ccc([N+](=O)[O-])cc4)C[C@@H]1N(CCOCCO)C(=O)OCCCl)[C@H]32. The molecule has 0 saturated heterocycles. The summed E-state index contributed by atoms with van der Waals surface area (Å²) in [6.45, 7) is 3.74. The smallest absolute Gasteiger partial charge is 0.410 e. The molecule has 1 saturated carbocycles. The molecule has 1 aliphatic heterocycles. The van der Waals surface area contributed by atoms with Gasteiger partial charge in [-0.25, -0.2) is 4.79 Å². The monoisotopic (exact) mass is 949 g/mol. The fraction of sp³-hybridized carbons (Fsp3) is 0.490. The molecule has 1 heterocycles. The Bertz CT molecular complexity index is 2210. The summed E-state index contributed by atoms with van der Waals surface area (Å²) in [7, 11) is 1.48. The zero-order chi connectivity index (χ0) is 47.8. The molecule has 362 valence electrons. The van der Waals surface area contributed by atoms with Crippen molar-refractivity contribution in [1.29, 1.82) is 0 Å². The van der Waals surface area contributed by atoms with Gasteiger partial charge in [0.05, 0.1) is 61.5 Å². The van der Waals surface area contributed by atoms with Crippen LogP contribution < -0.4 is 14.2 Å². The Labute approximate surface area is 395 Å². The number of amides is 1. The average molecular weight is 950 g/mol. The van der Waals surface area contributed by atoms with Crippen molar-refractivity contribution >= 4 is 35.4 Å². The van der Waals surface area contributed by atoms with Crippen LogP contribution in [0.15, 0.2) is 90.1 Å². The van der Waals surface area contributed by atoms with E-state index >= 15 is 0 Å². The van der Waals surface area contributed by atoms with E-state index < -0.39 is 34.7 Å². The maximum absolute atomic E-state index is 14.4. The first kappa shape index (κ1) is 50.8. The summed E-state index contributed by atoms with van der Waals surface area (Å²) >= 11 is 6.04. The molecule has 6 atom stereocenters. The quantitative estimate of drug-likeness (QED) is 0.0166. The first-order chi connectivity index (χ1) is 32.7. The Balaban J connectivity index is 1.57. The van der Waals surface area contributed by atoms with Crippen molar-refractivity contribution in [3.8, 4) is 23.0 Å². The number of non-ortho nitro benzene ring substituents is 1. The minimum absolute atomic E-state index is 0.00427. The molecule has 3 aliphatic rings. The molecule has 0 radical (unpaired) electrons. The van der Waals surface area contributed by atoms with Crippen LogP contribution in [0.5, 0.6) is 23.0 Å². The fourth-order valence-electron chi connectivity index (χ4n) is 9.53. The highest BCUT2D eigenvalue weighted by Crippen LogP contribution is 2.62. The van der Waals surface area contributed by atoms with Gasteiger partial charge in [0.15, 0.2) is 6.29 Å². The number of carbonyl (C=O) groups is 2. The molecule has 1 fully saturated rings. The number of nitrogens with zero attached hydrogens (tertiary/aromatic N) is 3. The van der Waals surface area contributed by atoms with Gasteiger partial charge in [-0.15, -0.1) is 18.2 Å². The number of carbonyl (C=O) groups excluding carboxylic acids is 2. The Hall–Kier alpha value is -5.56. The topological polar surface area (TPSA) is 218 Å². The minimum Gasteiger partial charge on any atom is -0.496 e. The standard InChI is InChI=1S/C49H60ClN3O14/c1-3-23-64-49-45(52(19-25-62-26-22-56)48(58)63-24-18-50)30-42(51-65-32-33-10-12-36(13-11-33)53(59)60)40-28-34(8-4-6-20-54)39(9-5-7-21-55)46(47(40)49)41-29-38(15-17-44(41)67-49)66-37-14-16-43(61-2)35(27-37)31-57/h3,10-17,27-29,31,34,39,45-47,54-56H,1,4-9,18-26,30,32H2,2H3/t34-,39+,45-,46+,47+,49+/m0/s1. The number of aliphatic hydroxyl groups is 3. The van der Waals surface area contributed by atoms with E-state index in [0.29, 0.717) is 78.2 Å². The molecule has 0 unspecified atom stereocenters. The van der Waals surface area contributed by atoms with Crippen LogP contribution in [0.4, 0.5) is 10.5 Å². The van der Waals surface area contributed by atoms with E-state index in [9.17, 15) is 35.0 Å². The number of hydrogen-bond donors (Lipinski definition) is 3. The average Bonchev–Trinajstić information content (AvgIpc) is 3.34. The number of methoxy groups -OCH3 is 1. The summed E-state index contributed by atoms with van der Waals surface area (Å²) in [5.41, 5.74) is 2.96. The van der Waals surface area contributed by atoms with Crippen molar-refractivity contribution in [2.75, 3.05) is 65.8 Å². The second kappa shape index (κ2) is 25.0. The highest BCUT2D eigenvalue weighted by molar-refractivity contribution is 6.18.